The molecule has 2 aromatic heterocycles. The van der Waals surface area contributed by atoms with Crippen molar-refractivity contribution in [2.45, 2.75) is 6.54 Å². The molecule has 1 aromatic carbocycles. The van der Waals surface area contributed by atoms with Gasteiger partial charge in [-0.05, 0) is 40.2 Å². The van der Waals surface area contributed by atoms with Crippen molar-refractivity contribution >= 4 is 44.1 Å². The molecule has 5 heteroatoms. The normalized spacial score (nSPS) is 10.8. The molecular formula is C17H14BrNO2S. The highest BCUT2D eigenvalue weighted by Crippen LogP contribution is 2.25. The molecule has 0 unspecified atom stereocenters. The summed E-state index contributed by atoms with van der Waals surface area (Å²) in [6.07, 6.45) is 1.73. The Kier molecular flexibility index (Phi) is 4.45. The number of hydrogen-bond acceptors (Lipinski definition) is 3. The Balaban J connectivity index is 1.86. The molecular weight excluding hydrogens is 362 g/mol. The number of thiophene rings is 1. The number of para-hydroxylation sites is 1. The fraction of sp³-hybridized carbons (Fsp3) is 0.118. The van der Waals surface area contributed by atoms with Crippen LogP contribution in [0.25, 0.3) is 11.0 Å². The Morgan fingerprint density at radius 1 is 1.32 bits per heavy atom. The summed E-state index contributed by atoms with van der Waals surface area (Å²) in [7, 11) is 0. The van der Waals surface area contributed by atoms with Gasteiger partial charge in [-0.25, -0.2) is 0 Å². The monoisotopic (exact) mass is 375 g/mol. The summed E-state index contributed by atoms with van der Waals surface area (Å²) >= 11 is 5.06. The van der Waals surface area contributed by atoms with Gasteiger partial charge in [0.2, 0.25) is 0 Å². The molecule has 3 nitrogen and oxygen atoms in total. The standard InChI is InChI=1S/C17H14BrNO2S/c1-2-9-19(11-13-7-8-16(18)22-13)17(20)15-10-12-5-3-4-6-14(12)21-15/h2-8,10H,1,9,11H2. The lowest BCUT2D eigenvalue weighted by Crippen LogP contribution is -2.30. The number of nitrogens with zero attached hydrogens (tertiary/aromatic N) is 1. The van der Waals surface area contributed by atoms with E-state index < -0.39 is 0 Å². The molecule has 0 fully saturated rings. The van der Waals surface area contributed by atoms with Gasteiger partial charge in [-0.15, -0.1) is 17.9 Å². The highest BCUT2D eigenvalue weighted by Gasteiger charge is 2.19. The van der Waals surface area contributed by atoms with E-state index in [1.165, 1.54) is 0 Å². The van der Waals surface area contributed by atoms with E-state index >= 15 is 0 Å². The Morgan fingerprint density at radius 2 is 2.14 bits per heavy atom. The Morgan fingerprint density at radius 3 is 2.82 bits per heavy atom. The first-order chi connectivity index (χ1) is 10.7. The van der Waals surface area contributed by atoms with Crippen molar-refractivity contribution in [3.05, 3.63) is 69.5 Å². The minimum atomic E-state index is -0.124. The molecule has 0 saturated carbocycles. The lowest BCUT2D eigenvalue weighted by molar-refractivity contribution is 0.0734. The second-order valence-electron chi connectivity index (χ2n) is 4.83. The van der Waals surface area contributed by atoms with E-state index in [0.29, 0.717) is 18.8 Å². The van der Waals surface area contributed by atoms with Crippen molar-refractivity contribution in [3.63, 3.8) is 0 Å². The third-order valence-electron chi connectivity index (χ3n) is 3.25. The molecule has 0 aliphatic carbocycles. The summed E-state index contributed by atoms with van der Waals surface area (Å²) in [6.45, 7) is 4.75. The number of carbonyl (C=O) groups is 1. The van der Waals surface area contributed by atoms with Gasteiger partial charge in [0.1, 0.15) is 5.58 Å². The molecule has 0 aliphatic heterocycles. The summed E-state index contributed by atoms with van der Waals surface area (Å²) in [4.78, 5) is 15.5. The van der Waals surface area contributed by atoms with Crippen LogP contribution in [0.2, 0.25) is 0 Å². The van der Waals surface area contributed by atoms with Gasteiger partial charge in [-0.2, -0.15) is 0 Å². The van der Waals surface area contributed by atoms with E-state index in [2.05, 4.69) is 22.5 Å². The molecule has 0 saturated heterocycles. The van der Waals surface area contributed by atoms with Crippen LogP contribution in [0.15, 0.2) is 63.3 Å². The van der Waals surface area contributed by atoms with Crippen LogP contribution in [-0.2, 0) is 6.54 Å². The maximum absolute atomic E-state index is 12.7. The van der Waals surface area contributed by atoms with Gasteiger partial charge >= 0.3 is 0 Å². The molecule has 0 bridgehead atoms. The van der Waals surface area contributed by atoms with Crippen LogP contribution in [-0.4, -0.2) is 17.4 Å². The van der Waals surface area contributed by atoms with Crippen molar-refractivity contribution in [3.8, 4) is 0 Å². The number of hydrogen-bond donors (Lipinski definition) is 0. The van der Waals surface area contributed by atoms with E-state index in [1.54, 1.807) is 28.4 Å². The number of amides is 1. The highest BCUT2D eigenvalue weighted by molar-refractivity contribution is 9.11. The lowest BCUT2D eigenvalue weighted by Gasteiger charge is -2.18. The van der Waals surface area contributed by atoms with Crippen molar-refractivity contribution in [1.82, 2.24) is 4.90 Å². The van der Waals surface area contributed by atoms with Gasteiger partial charge in [0.05, 0.1) is 10.3 Å². The first-order valence-corrected chi connectivity index (χ1v) is 8.41. The smallest absolute Gasteiger partial charge is 0.290 e. The average molecular weight is 376 g/mol. The molecule has 0 aliphatic rings. The molecule has 3 rings (SSSR count). The van der Waals surface area contributed by atoms with E-state index in [9.17, 15) is 4.79 Å². The minimum Gasteiger partial charge on any atom is -0.451 e. The van der Waals surface area contributed by atoms with Crippen LogP contribution < -0.4 is 0 Å². The SMILES string of the molecule is C=CCN(Cc1ccc(Br)s1)C(=O)c1cc2ccccc2o1. The van der Waals surface area contributed by atoms with Crippen LogP contribution in [0.3, 0.4) is 0 Å². The first-order valence-electron chi connectivity index (χ1n) is 6.80. The maximum Gasteiger partial charge on any atom is 0.290 e. The van der Waals surface area contributed by atoms with Crippen LogP contribution in [0, 0.1) is 0 Å². The fourth-order valence-corrected chi connectivity index (χ4v) is 3.74. The van der Waals surface area contributed by atoms with Crippen LogP contribution in [0.4, 0.5) is 0 Å². The molecule has 112 valence electrons. The van der Waals surface area contributed by atoms with Crippen molar-refractivity contribution in [1.29, 1.82) is 0 Å². The quantitative estimate of drug-likeness (QED) is 0.582. The number of rotatable bonds is 5. The second kappa shape index (κ2) is 6.50. The minimum absolute atomic E-state index is 0.124. The van der Waals surface area contributed by atoms with Crippen molar-refractivity contribution < 1.29 is 9.21 Å². The molecule has 0 atom stereocenters. The second-order valence-corrected chi connectivity index (χ2v) is 7.38. The molecule has 0 N–H and O–H groups in total. The zero-order valence-electron chi connectivity index (χ0n) is 11.8. The zero-order chi connectivity index (χ0) is 15.5. The number of furan rings is 1. The summed E-state index contributed by atoms with van der Waals surface area (Å²) in [5, 5.41) is 0.934. The Labute approximate surface area is 141 Å². The topological polar surface area (TPSA) is 33.5 Å². The van der Waals surface area contributed by atoms with Crippen LogP contribution in [0.1, 0.15) is 15.4 Å². The number of benzene rings is 1. The summed E-state index contributed by atoms with van der Waals surface area (Å²) in [6, 6.07) is 13.4. The average Bonchev–Trinajstić information content (AvgIpc) is 3.12. The maximum atomic E-state index is 12.7. The Bertz CT molecular complexity index is 788. The predicted molar refractivity (Wildman–Crippen MR) is 93.2 cm³/mol. The molecule has 22 heavy (non-hydrogen) atoms. The fourth-order valence-electron chi connectivity index (χ4n) is 2.24. The van der Waals surface area contributed by atoms with Crippen LogP contribution in [0.5, 0.6) is 0 Å². The third-order valence-corrected chi connectivity index (χ3v) is 4.86. The summed E-state index contributed by atoms with van der Waals surface area (Å²) < 4.78 is 6.72. The molecule has 3 aromatic rings. The van der Waals surface area contributed by atoms with E-state index in [-0.39, 0.29) is 5.91 Å². The van der Waals surface area contributed by atoms with Gasteiger partial charge in [0, 0.05) is 16.8 Å². The third kappa shape index (κ3) is 3.15. The Hall–Kier alpha value is -1.85. The number of halogens is 1. The molecule has 0 spiro atoms. The van der Waals surface area contributed by atoms with Crippen LogP contribution >= 0.6 is 27.3 Å². The molecule has 0 radical (unpaired) electrons. The molecule has 1 amide bonds. The lowest BCUT2D eigenvalue weighted by atomic mass is 10.2. The van der Waals surface area contributed by atoms with Gasteiger partial charge < -0.3 is 9.32 Å². The summed E-state index contributed by atoms with van der Waals surface area (Å²) in [5.74, 6) is 0.235. The van der Waals surface area contributed by atoms with Gasteiger partial charge in [0.15, 0.2) is 5.76 Å². The van der Waals surface area contributed by atoms with E-state index in [4.69, 9.17) is 4.42 Å². The number of fused-ring (bicyclic) bond motifs is 1. The predicted octanol–water partition coefficient (Wildman–Crippen LogP) is 5.09. The summed E-state index contributed by atoms with van der Waals surface area (Å²) in [5.41, 5.74) is 0.725. The van der Waals surface area contributed by atoms with E-state index in [1.807, 2.05) is 36.4 Å². The van der Waals surface area contributed by atoms with Gasteiger partial charge in [-0.3, -0.25) is 4.79 Å². The largest absolute Gasteiger partial charge is 0.451 e. The van der Waals surface area contributed by atoms with Crippen molar-refractivity contribution in [2.24, 2.45) is 0 Å². The highest BCUT2D eigenvalue weighted by atomic mass is 79.9. The van der Waals surface area contributed by atoms with Gasteiger partial charge in [0.25, 0.3) is 5.91 Å². The van der Waals surface area contributed by atoms with E-state index in [0.717, 1.165) is 19.6 Å². The zero-order valence-corrected chi connectivity index (χ0v) is 14.2. The molecule has 2 heterocycles. The van der Waals surface area contributed by atoms with Crippen molar-refractivity contribution in [2.75, 3.05) is 6.54 Å². The van der Waals surface area contributed by atoms with Gasteiger partial charge in [-0.1, -0.05) is 24.3 Å². The number of carbonyl (C=O) groups excluding carboxylic acids is 1. The first kappa shape index (κ1) is 15.1.